The maximum Gasteiger partial charge on any atom is 0.271 e. The Bertz CT molecular complexity index is 403. The maximum atomic E-state index is 11.8. The van der Waals surface area contributed by atoms with Crippen molar-refractivity contribution in [2.75, 3.05) is 12.9 Å². The van der Waals surface area contributed by atoms with E-state index in [0.29, 0.717) is 11.6 Å². The fraction of sp³-hybridized carbons (Fsp3) is 0.500. The van der Waals surface area contributed by atoms with Crippen molar-refractivity contribution in [1.82, 2.24) is 15.3 Å². The number of nitrogens with one attached hydrogen (secondary N) is 1. The number of aliphatic hydroxyl groups is 1. The highest BCUT2D eigenvalue weighted by Crippen LogP contribution is 2.16. The minimum Gasteiger partial charge on any atom is -0.396 e. The van der Waals surface area contributed by atoms with Gasteiger partial charge in [0.2, 0.25) is 0 Å². The summed E-state index contributed by atoms with van der Waals surface area (Å²) in [5.41, 5.74) is 0.163. The lowest BCUT2D eigenvalue weighted by Crippen LogP contribution is -2.34. The molecule has 0 spiro atoms. The van der Waals surface area contributed by atoms with Gasteiger partial charge < -0.3 is 10.4 Å². The van der Waals surface area contributed by atoms with Crippen LogP contribution >= 0.6 is 23.4 Å². The predicted octanol–water partition coefficient (Wildman–Crippen LogP) is 1.35. The van der Waals surface area contributed by atoms with Crippen molar-refractivity contribution in [2.24, 2.45) is 0 Å². The molecule has 94 valence electrons. The van der Waals surface area contributed by atoms with Gasteiger partial charge in [0.05, 0.1) is 11.2 Å². The summed E-state index contributed by atoms with van der Waals surface area (Å²) in [6.45, 7) is 1.83. The number of aliphatic hydroxyl groups excluding tert-OH is 1. The molecular formula is C10H14ClN3O2S. The van der Waals surface area contributed by atoms with E-state index in [1.807, 2.05) is 6.26 Å². The summed E-state index contributed by atoms with van der Waals surface area (Å²) in [6.07, 6.45) is 3.72. The van der Waals surface area contributed by atoms with Gasteiger partial charge in [-0.1, -0.05) is 23.4 Å². The van der Waals surface area contributed by atoms with Gasteiger partial charge in [0, 0.05) is 12.6 Å². The van der Waals surface area contributed by atoms with E-state index < -0.39 is 0 Å². The van der Waals surface area contributed by atoms with Gasteiger partial charge >= 0.3 is 0 Å². The SMILES string of the molecule is CSc1ncc(Cl)c(C(=O)NC(C)CCO)n1. The lowest BCUT2D eigenvalue weighted by atomic mass is 10.2. The van der Waals surface area contributed by atoms with Crippen molar-refractivity contribution in [3.05, 3.63) is 16.9 Å². The predicted molar refractivity (Wildman–Crippen MR) is 67.5 cm³/mol. The summed E-state index contributed by atoms with van der Waals surface area (Å²) < 4.78 is 0. The number of hydrogen-bond acceptors (Lipinski definition) is 5. The molecule has 1 unspecified atom stereocenters. The summed E-state index contributed by atoms with van der Waals surface area (Å²) in [4.78, 5) is 19.8. The van der Waals surface area contributed by atoms with Crippen molar-refractivity contribution < 1.29 is 9.90 Å². The van der Waals surface area contributed by atoms with Gasteiger partial charge in [-0.2, -0.15) is 0 Å². The number of carbonyl (C=O) groups is 1. The Morgan fingerprint density at radius 3 is 3.00 bits per heavy atom. The number of nitrogens with zero attached hydrogens (tertiary/aromatic N) is 2. The minimum atomic E-state index is -0.353. The highest BCUT2D eigenvalue weighted by atomic mass is 35.5. The van der Waals surface area contributed by atoms with Crippen molar-refractivity contribution in [1.29, 1.82) is 0 Å². The monoisotopic (exact) mass is 275 g/mol. The molecule has 0 aliphatic heterocycles. The van der Waals surface area contributed by atoms with Crippen LogP contribution in [0.5, 0.6) is 0 Å². The summed E-state index contributed by atoms with van der Waals surface area (Å²) in [7, 11) is 0. The zero-order valence-electron chi connectivity index (χ0n) is 9.61. The van der Waals surface area contributed by atoms with Crippen molar-refractivity contribution in [3.63, 3.8) is 0 Å². The summed E-state index contributed by atoms with van der Waals surface area (Å²) in [5, 5.41) is 12.2. The third-order valence-corrected chi connectivity index (χ3v) is 2.90. The van der Waals surface area contributed by atoms with Gasteiger partial charge in [0.1, 0.15) is 0 Å². The van der Waals surface area contributed by atoms with Crippen LogP contribution in [0.25, 0.3) is 0 Å². The maximum absolute atomic E-state index is 11.8. The molecule has 0 saturated carbocycles. The Morgan fingerprint density at radius 2 is 2.41 bits per heavy atom. The van der Waals surface area contributed by atoms with Crippen molar-refractivity contribution >= 4 is 29.3 Å². The fourth-order valence-corrected chi connectivity index (χ4v) is 1.68. The Kier molecular flexibility index (Phi) is 5.67. The second-order valence-corrected chi connectivity index (χ2v) is 4.62. The Morgan fingerprint density at radius 1 is 1.71 bits per heavy atom. The number of aromatic nitrogens is 2. The van der Waals surface area contributed by atoms with Gasteiger partial charge in [0.25, 0.3) is 5.91 Å². The fourth-order valence-electron chi connectivity index (χ4n) is 1.17. The van der Waals surface area contributed by atoms with Gasteiger partial charge in [0.15, 0.2) is 10.9 Å². The highest BCUT2D eigenvalue weighted by Gasteiger charge is 2.15. The van der Waals surface area contributed by atoms with E-state index in [1.165, 1.54) is 18.0 Å². The standard InChI is InChI=1S/C10H14ClN3O2S/c1-6(3-4-15)13-9(16)8-7(11)5-12-10(14-8)17-2/h5-6,15H,3-4H2,1-2H3,(H,13,16). The van der Waals surface area contributed by atoms with E-state index in [9.17, 15) is 4.79 Å². The first-order chi connectivity index (χ1) is 8.08. The van der Waals surface area contributed by atoms with E-state index in [4.69, 9.17) is 16.7 Å². The molecule has 7 heteroatoms. The first kappa shape index (κ1) is 14.2. The second kappa shape index (κ2) is 6.78. The second-order valence-electron chi connectivity index (χ2n) is 3.44. The number of rotatable bonds is 5. The van der Waals surface area contributed by atoms with Crippen LogP contribution in [0.2, 0.25) is 5.02 Å². The van der Waals surface area contributed by atoms with Crippen molar-refractivity contribution in [3.8, 4) is 0 Å². The number of thioether (sulfide) groups is 1. The average Bonchev–Trinajstić information content (AvgIpc) is 2.29. The molecule has 0 aliphatic carbocycles. The van der Waals surface area contributed by atoms with E-state index in [1.54, 1.807) is 6.92 Å². The molecule has 1 aromatic rings. The van der Waals surface area contributed by atoms with E-state index in [0.717, 1.165) is 0 Å². The normalized spacial score (nSPS) is 12.2. The molecule has 1 atom stereocenters. The largest absolute Gasteiger partial charge is 0.396 e. The van der Waals surface area contributed by atoms with Gasteiger partial charge in [-0.3, -0.25) is 4.79 Å². The lowest BCUT2D eigenvalue weighted by molar-refractivity contribution is 0.0928. The molecule has 1 rings (SSSR count). The highest BCUT2D eigenvalue weighted by molar-refractivity contribution is 7.98. The molecule has 1 heterocycles. The molecule has 1 aromatic heterocycles. The molecule has 2 N–H and O–H groups in total. The molecule has 17 heavy (non-hydrogen) atoms. The minimum absolute atomic E-state index is 0.0228. The first-order valence-corrected chi connectivity index (χ1v) is 6.67. The summed E-state index contributed by atoms with van der Waals surface area (Å²) in [6, 6.07) is -0.128. The zero-order chi connectivity index (χ0) is 12.8. The quantitative estimate of drug-likeness (QED) is 0.627. The summed E-state index contributed by atoms with van der Waals surface area (Å²) in [5.74, 6) is -0.353. The van der Waals surface area contributed by atoms with Gasteiger partial charge in [-0.05, 0) is 19.6 Å². The lowest BCUT2D eigenvalue weighted by Gasteiger charge is -2.12. The molecular weight excluding hydrogens is 262 g/mol. The smallest absolute Gasteiger partial charge is 0.271 e. The van der Waals surface area contributed by atoms with E-state index >= 15 is 0 Å². The number of halogens is 1. The molecule has 0 bridgehead atoms. The Balaban J connectivity index is 2.80. The van der Waals surface area contributed by atoms with Gasteiger partial charge in [-0.15, -0.1) is 0 Å². The third kappa shape index (κ3) is 4.14. The van der Waals surface area contributed by atoms with Crippen molar-refractivity contribution in [2.45, 2.75) is 24.5 Å². The Labute approximate surface area is 109 Å². The van der Waals surface area contributed by atoms with Crippen LogP contribution in [-0.2, 0) is 0 Å². The van der Waals surface area contributed by atoms with E-state index in [2.05, 4.69) is 15.3 Å². The molecule has 0 saturated heterocycles. The molecule has 1 amide bonds. The van der Waals surface area contributed by atoms with Crippen LogP contribution in [-0.4, -0.2) is 39.9 Å². The topological polar surface area (TPSA) is 75.1 Å². The Hall–Kier alpha value is -0.850. The first-order valence-electron chi connectivity index (χ1n) is 5.06. The third-order valence-electron chi connectivity index (χ3n) is 2.06. The van der Waals surface area contributed by atoms with Crippen LogP contribution in [0.4, 0.5) is 0 Å². The molecule has 0 aliphatic rings. The van der Waals surface area contributed by atoms with Crippen LogP contribution < -0.4 is 5.32 Å². The molecule has 0 aromatic carbocycles. The molecule has 0 radical (unpaired) electrons. The molecule has 5 nitrogen and oxygen atoms in total. The van der Waals surface area contributed by atoms with Crippen LogP contribution in [0.15, 0.2) is 11.4 Å². The number of hydrogen-bond donors (Lipinski definition) is 2. The zero-order valence-corrected chi connectivity index (χ0v) is 11.2. The van der Waals surface area contributed by atoms with Crippen LogP contribution in [0.3, 0.4) is 0 Å². The summed E-state index contributed by atoms with van der Waals surface area (Å²) >= 11 is 7.20. The van der Waals surface area contributed by atoms with Crippen LogP contribution in [0.1, 0.15) is 23.8 Å². The molecule has 0 fully saturated rings. The van der Waals surface area contributed by atoms with Crippen LogP contribution in [0, 0.1) is 0 Å². The number of carbonyl (C=O) groups excluding carboxylic acids is 1. The van der Waals surface area contributed by atoms with E-state index in [-0.39, 0.29) is 29.3 Å². The van der Waals surface area contributed by atoms with Gasteiger partial charge in [-0.25, -0.2) is 9.97 Å². The number of amides is 1. The average molecular weight is 276 g/mol.